The quantitative estimate of drug-likeness (QED) is 0.627. The van der Waals surface area contributed by atoms with Crippen molar-refractivity contribution in [3.63, 3.8) is 0 Å². The second kappa shape index (κ2) is 5.91. The molecule has 0 heterocycles. The number of nitrogens with two attached hydrogens (primary N) is 1. The van der Waals surface area contributed by atoms with Gasteiger partial charge in [0.1, 0.15) is 11.7 Å². The molecule has 3 nitrogen and oxygen atoms in total. The summed E-state index contributed by atoms with van der Waals surface area (Å²) in [5.41, 5.74) is 6.29. The lowest BCUT2D eigenvalue weighted by Crippen LogP contribution is -2.33. The Kier molecular flexibility index (Phi) is 4.81. The zero-order chi connectivity index (χ0) is 13.0. The van der Waals surface area contributed by atoms with Crippen molar-refractivity contribution in [2.75, 3.05) is 24.0 Å². The van der Waals surface area contributed by atoms with E-state index in [1.165, 1.54) is 6.07 Å². The molecule has 3 N–H and O–H groups in total. The molecule has 0 aromatic heterocycles. The van der Waals surface area contributed by atoms with E-state index >= 15 is 0 Å². The molecule has 1 aromatic rings. The van der Waals surface area contributed by atoms with Crippen LogP contribution in [0.4, 0.5) is 10.1 Å². The molecule has 1 rings (SSSR count). The van der Waals surface area contributed by atoms with Crippen LogP contribution in [-0.4, -0.2) is 30.9 Å². The summed E-state index contributed by atoms with van der Waals surface area (Å²) in [6, 6.07) is 5.01. The maximum atomic E-state index is 13.7. The van der Waals surface area contributed by atoms with E-state index in [0.717, 1.165) is 5.75 Å². The number of thioether (sulfide) groups is 1. The molecule has 0 saturated heterocycles. The van der Waals surface area contributed by atoms with Crippen LogP contribution in [0.5, 0.6) is 0 Å². The van der Waals surface area contributed by atoms with Crippen molar-refractivity contribution in [2.45, 2.75) is 13.0 Å². The summed E-state index contributed by atoms with van der Waals surface area (Å²) in [6.45, 7) is 2.06. The van der Waals surface area contributed by atoms with Crippen molar-refractivity contribution in [1.29, 1.82) is 5.41 Å². The van der Waals surface area contributed by atoms with Gasteiger partial charge in [-0.15, -0.1) is 0 Å². The third-order valence-electron chi connectivity index (χ3n) is 2.71. The molecule has 0 aliphatic carbocycles. The van der Waals surface area contributed by atoms with Gasteiger partial charge in [0.25, 0.3) is 0 Å². The molecule has 0 bridgehead atoms. The van der Waals surface area contributed by atoms with Crippen LogP contribution in [-0.2, 0) is 0 Å². The van der Waals surface area contributed by atoms with Crippen molar-refractivity contribution in [1.82, 2.24) is 0 Å². The Morgan fingerprint density at radius 2 is 2.24 bits per heavy atom. The Bertz CT molecular complexity index is 409. The lowest BCUT2D eigenvalue weighted by Gasteiger charge is -2.28. The van der Waals surface area contributed by atoms with Gasteiger partial charge in [0.2, 0.25) is 0 Å². The van der Waals surface area contributed by atoms with E-state index < -0.39 is 5.82 Å². The van der Waals surface area contributed by atoms with Crippen molar-refractivity contribution in [3.8, 4) is 0 Å². The van der Waals surface area contributed by atoms with E-state index in [9.17, 15) is 4.39 Å². The van der Waals surface area contributed by atoms with Crippen LogP contribution < -0.4 is 10.6 Å². The Morgan fingerprint density at radius 3 is 2.76 bits per heavy atom. The normalized spacial score (nSPS) is 12.2. The van der Waals surface area contributed by atoms with E-state index in [4.69, 9.17) is 11.1 Å². The molecule has 0 amide bonds. The molecule has 1 atom stereocenters. The fourth-order valence-electron chi connectivity index (χ4n) is 1.66. The number of nitrogens with one attached hydrogen (secondary N) is 1. The fourth-order valence-corrected chi connectivity index (χ4v) is 2.37. The van der Waals surface area contributed by atoms with Gasteiger partial charge in [-0.2, -0.15) is 11.8 Å². The highest BCUT2D eigenvalue weighted by molar-refractivity contribution is 7.98. The largest absolute Gasteiger partial charge is 0.384 e. The molecule has 17 heavy (non-hydrogen) atoms. The summed E-state index contributed by atoms with van der Waals surface area (Å²) < 4.78 is 13.7. The predicted molar refractivity (Wildman–Crippen MR) is 73.7 cm³/mol. The second-order valence-corrected chi connectivity index (χ2v) is 4.87. The number of rotatable bonds is 5. The van der Waals surface area contributed by atoms with Crippen LogP contribution in [0.2, 0.25) is 0 Å². The molecule has 0 spiro atoms. The van der Waals surface area contributed by atoms with Gasteiger partial charge in [0.15, 0.2) is 0 Å². The molecular weight excluding hydrogens is 237 g/mol. The van der Waals surface area contributed by atoms with E-state index in [2.05, 4.69) is 6.92 Å². The van der Waals surface area contributed by atoms with Gasteiger partial charge in [0.05, 0.1) is 11.3 Å². The van der Waals surface area contributed by atoms with E-state index in [1.807, 2.05) is 18.2 Å². The molecule has 94 valence electrons. The van der Waals surface area contributed by atoms with Crippen LogP contribution in [0, 0.1) is 11.2 Å². The zero-order valence-corrected chi connectivity index (χ0v) is 11.1. The van der Waals surface area contributed by atoms with Gasteiger partial charge in [-0.1, -0.05) is 6.07 Å². The van der Waals surface area contributed by atoms with Crippen LogP contribution in [0.1, 0.15) is 12.5 Å². The van der Waals surface area contributed by atoms with Gasteiger partial charge in [-0.05, 0) is 25.3 Å². The van der Waals surface area contributed by atoms with E-state index in [0.29, 0.717) is 5.69 Å². The molecule has 0 fully saturated rings. The number of anilines is 1. The van der Waals surface area contributed by atoms with Crippen molar-refractivity contribution in [2.24, 2.45) is 5.73 Å². The van der Waals surface area contributed by atoms with Gasteiger partial charge in [0, 0.05) is 18.8 Å². The van der Waals surface area contributed by atoms with E-state index in [-0.39, 0.29) is 17.4 Å². The molecule has 0 aliphatic heterocycles. The third-order valence-corrected chi connectivity index (χ3v) is 3.53. The first-order valence-electron chi connectivity index (χ1n) is 5.33. The predicted octanol–water partition coefficient (Wildman–Crippen LogP) is 2.30. The summed E-state index contributed by atoms with van der Waals surface area (Å²) in [4.78, 5) is 1.95. The Balaban J connectivity index is 3.13. The number of nitrogens with zero attached hydrogens (tertiary/aromatic N) is 1. The number of hydrogen-bond donors (Lipinski definition) is 2. The highest BCUT2D eigenvalue weighted by Crippen LogP contribution is 2.24. The van der Waals surface area contributed by atoms with Gasteiger partial charge in [-0.25, -0.2) is 4.39 Å². The lowest BCUT2D eigenvalue weighted by molar-refractivity contribution is 0.623. The van der Waals surface area contributed by atoms with E-state index in [1.54, 1.807) is 23.9 Å². The number of halogens is 1. The maximum absolute atomic E-state index is 13.7. The minimum Gasteiger partial charge on any atom is -0.384 e. The fraction of sp³-hybridized carbons (Fsp3) is 0.417. The van der Waals surface area contributed by atoms with Crippen LogP contribution >= 0.6 is 11.8 Å². The molecular formula is C12H18FN3S. The number of nitrogen functional groups attached to an aromatic ring is 1. The highest BCUT2D eigenvalue weighted by Gasteiger charge is 2.17. The molecule has 0 radical (unpaired) electrons. The number of benzene rings is 1. The molecule has 0 saturated carbocycles. The summed E-state index contributed by atoms with van der Waals surface area (Å²) in [6.07, 6.45) is 2.03. The SMILES string of the molecule is CSCC(C)N(C)c1cccc(F)c1C(=N)N. The summed E-state index contributed by atoms with van der Waals surface area (Å²) in [5.74, 6) is 0.254. The van der Waals surface area contributed by atoms with Crippen molar-refractivity contribution >= 4 is 23.3 Å². The van der Waals surface area contributed by atoms with Crippen LogP contribution in [0.25, 0.3) is 0 Å². The Labute approximate surface area is 106 Å². The average molecular weight is 255 g/mol. The van der Waals surface area contributed by atoms with Gasteiger partial charge < -0.3 is 10.6 Å². The maximum Gasteiger partial charge on any atom is 0.136 e. The zero-order valence-electron chi connectivity index (χ0n) is 10.3. The molecule has 0 aliphatic rings. The Morgan fingerprint density at radius 1 is 1.59 bits per heavy atom. The van der Waals surface area contributed by atoms with Crippen molar-refractivity contribution in [3.05, 3.63) is 29.6 Å². The van der Waals surface area contributed by atoms with Crippen LogP contribution in [0.3, 0.4) is 0 Å². The van der Waals surface area contributed by atoms with Crippen molar-refractivity contribution < 1.29 is 4.39 Å². The average Bonchev–Trinajstić information content (AvgIpc) is 2.27. The van der Waals surface area contributed by atoms with Crippen LogP contribution in [0.15, 0.2) is 18.2 Å². The second-order valence-electron chi connectivity index (χ2n) is 3.96. The van der Waals surface area contributed by atoms with Gasteiger partial charge >= 0.3 is 0 Å². The topological polar surface area (TPSA) is 53.1 Å². The first-order valence-corrected chi connectivity index (χ1v) is 6.73. The first kappa shape index (κ1) is 13.8. The first-order chi connectivity index (χ1) is 7.99. The Hall–Kier alpha value is -1.23. The van der Waals surface area contributed by atoms with Gasteiger partial charge in [-0.3, -0.25) is 5.41 Å². The number of hydrogen-bond acceptors (Lipinski definition) is 3. The number of amidine groups is 1. The minimum absolute atomic E-state index is 0.183. The standard InChI is InChI=1S/C12H18FN3S/c1-8(7-17-3)16(2)10-6-4-5-9(13)11(10)12(14)15/h4-6,8H,7H2,1-3H3,(H3,14,15). The molecule has 1 unspecified atom stereocenters. The summed E-state index contributed by atoms with van der Waals surface area (Å²) in [5, 5.41) is 7.46. The highest BCUT2D eigenvalue weighted by atomic mass is 32.2. The molecule has 1 aromatic carbocycles. The monoisotopic (exact) mass is 255 g/mol. The minimum atomic E-state index is -0.446. The summed E-state index contributed by atoms with van der Waals surface area (Å²) >= 11 is 1.73. The summed E-state index contributed by atoms with van der Waals surface area (Å²) in [7, 11) is 1.89. The lowest BCUT2D eigenvalue weighted by atomic mass is 10.1. The third kappa shape index (κ3) is 3.12. The molecule has 5 heteroatoms. The smallest absolute Gasteiger partial charge is 0.136 e.